The zero-order valence-electron chi connectivity index (χ0n) is 8.27. The summed E-state index contributed by atoms with van der Waals surface area (Å²) in [6, 6.07) is 5.16. The minimum Gasteiger partial charge on any atom is -0.398 e. The second kappa shape index (κ2) is 4.53. The van der Waals surface area contributed by atoms with Crippen molar-refractivity contribution in [1.82, 2.24) is 0 Å². The van der Waals surface area contributed by atoms with E-state index in [1.807, 2.05) is 6.92 Å². The van der Waals surface area contributed by atoms with Crippen molar-refractivity contribution in [1.29, 1.82) is 0 Å². The van der Waals surface area contributed by atoms with Gasteiger partial charge in [-0.2, -0.15) is 13.2 Å². The van der Waals surface area contributed by atoms with Crippen LogP contribution < -0.4 is 5.73 Å². The smallest absolute Gasteiger partial charge is 0.398 e. The molecular formula is C10H12F3NO. The van der Waals surface area contributed by atoms with Gasteiger partial charge < -0.3 is 10.5 Å². The monoisotopic (exact) mass is 219 g/mol. The number of nitrogens with two attached hydrogens (primary N) is 1. The molecule has 0 bridgehead atoms. The van der Waals surface area contributed by atoms with Crippen molar-refractivity contribution in [3.8, 4) is 0 Å². The number of ether oxygens (including phenoxy) is 1. The fourth-order valence-corrected chi connectivity index (χ4v) is 1.14. The Morgan fingerprint density at radius 1 is 1.33 bits per heavy atom. The van der Waals surface area contributed by atoms with Gasteiger partial charge in [0.05, 0.1) is 6.61 Å². The summed E-state index contributed by atoms with van der Waals surface area (Å²) in [5.41, 5.74) is 7.55. The van der Waals surface area contributed by atoms with E-state index in [1.54, 1.807) is 18.2 Å². The molecule has 0 amide bonds. The Labute approximate surface area is 85.8 Å². The third-order valence-corrected chi connectivity index (χ3v) is 1.82. The van der Waals surface area contributed by atoms with Gasteiger partial charge >= 0.3 is 6.18 Å². The number of nitrogen functional groups attached to an aromatic ring is 1. The molecule has 2 N–H and O–H groups in total. The van der Waals surface area contributed by atoms with Gasteiger partial charge in [0.25, 0.3) is 0 Å². The molecule has 0 aliphatic heterocycles. The quantitative estimate of drug-likeness (QED) is 0.793. The third-order valence-electron chi connectivity index (χ3n) is 1.82. The van der Waals surface area contributed by atoms with Crippen LogP contribution in [0.15, 0.2) is 18.2 Å². The lowest BCUT2D eigenvalue weighted by Gasteiger charge is -2.09. The molecule has 0 radical (unpaired) electrons. The molecule has 84 valence electrons. The van der Waals surface area contributed by atoms with Crippen molar-refractivity contribution < 1.29 is 17.9 Å². The summed E-state index contributed by atoms with van der Waals surface area (Å²) >= 11 is 0. The van der Waals surface area contributed by atoms with Gasteiger partial charge in [-0.25, -0.2) is 0 Å². The van der Waals surface area contributed by atoms with Gasteiger partial charge in [-0.05, 0) is 13.0 Å². The first kappa shape index (κ1) is 11.8. The number of benzene rings is 1. The molecule has 1 rings (SSSR count). The van der Waals surface area contributed by atoms with E-state index in [9.17, 15) is 13.2 Å². The fourth-order valence-electron chi connectivity index (χ4n) is 1.14. The number of anilines is 1. The molecule has 0 atom stereocenters. The van der Waals surface area contributed by atoms with E-state index in [1.165, 1.54) is 0 Å². The van der Waals surface area contributed by atoms with E-state index in [0.29, 0.717) is 11.3 Å². The number of aryl methyl sites for hydroxylation is 1. The Hall–Kier alpha value is -1.23. The van der Waals surface area contributed by atoms with Crippen LogP contribution in [0.1, 0.15) is 11.1 Å². The van der Waals surface area contributed by atoms with Crippen LogP contribution >= 0.6 is 0 Å². The van der Waals surface area contributed by atoms with Crippen molar-refractivity contribution in [2.45, 2.75) is 19.7 Å². The predicted molar refractivity (Wildman–Crippen MR) is 51.3 cm³/mol. The van der Waals surface area contributed by atoms with Crippen molar-refractivity contribution in [2.75, 3.05) is 12.3 Å². The largest absolute Gasteiger partial charge is 0.411 e. The highest BCUT2D eigenvalue weighted by atomic mass is 19.4. The molecule has 0 unspecified atom stereocenters. The van der Waals surface area contributed by atoms with Crippen LogP contribution in [0.4, 0.5) is 18.9 Å². The maximum atomic E-state index is 11.8. The average Bonchev–Trinajstić information content (AvgIpc) is 2.09. The maximum absolute atomic E-state index is 11.8. The fraction of sp³-hybridized carbons (Fsp3) is 0.400. The van der Waals surface area contributed by atoms with Gasteiger partial charge in [0.2, 0.25) is 0 Å². The minimum absolute atomic E-state index is 0.118. The Kier molecular flexibility index (Phi) is 3.57. The Morgan fingerprint density at radius 2 is 2.00 bits per heavy atom. The summed E-state index contributed by atoms with van der Waals surface area (Å²) in [5.74, 6) is 0. The maximum Gasteiger partial charge on any atom is 0.411 e. The standard InChI is InChI=1S/C10H12F3NO/c1-7-2-3-9(14)8(4-7)5-15-6-10(11,12)13/h2-4H,5-6,14H2,1H3. The van der Waals surface area contributed by atoms with E-state index >= 15 is 0 Å². The topological polar surface area (TPSA) is 35.2 Å². The van der Waals surface area contributed by atoms with Gasteiger partial charge in [-0.3, -0.25) is 0 Å². The van der Waals surface area contributed by atoms with Crippen LogP contribution in [0.5, 0.6) is 0 Å². The van der Waals surface area contributed by atoms with E-state index in [0.717, 1.165) is 5.56 Å². The summed E-state index contributed by atoms with van der Waals surface area (Å²) in [5, 5.41) is 0. The molecule has 1 aromatic rings. The highest BCUT2D eigenvalue weighted by Crippen LogP contribution is 2.18. The average molecular weight is 219 g/mol. The second-order valence-corrected chi connectivity index (χ2v) is 3.31. The molecule has 2 nitrogen and oxygen atoms in total. The predicted octanol–water partition coefficient (Wildman–Crippen LogP) is 2.66. The van der Waals surface area contributed by atoms with Gasteiger partial charge in [0.15, 0.2) is 0 Å². The number of alkyl halides is 3. The van der Waals surface area contributed by atoms with Gasteiger partial charge in [0, 0.05) is 11.3 Å². The lowest BCUT2D eigenvalue weighted by molar-refractivity contribution is -0.176. The van der Waals surface area contributed by atoms with E-state index in [2.05, 4.69) is 4.74 Å². The van der Waals surface area contributed by atoms with Crippen LogP contribution in [0.3, 0.4) is 0 Å². The molecule has 0 saturated heterocycles. The lowest BCUT2D eigenvalue weighted by atomic mass is 10.1. The van der Waals surface area contributed by atoms with Crippen LogP contribution in [0, 0.1) is 6.92 Å². The number of rotatable bonds is 3. The third kappa shape index (κ3) is 4.20. The number of hydrogen-bond acceptors (Lipinski definition) is 2. The summed E-state index contributed by atoms with van der Waals surface area (Å²) < 4.78 is 39.9. The first-order valence-corrected chi connectivity index (χ1v) is 4.38. The molecule has 1 aromatic carbocycles. The molecule has 15 heavy (non-hydrogen) atoms. The van der Waals surface area contributed by atoms with Crippen molar-refractivity contribution in [3.63, 3.8) is 0 Å². The van der Waals surface area contributed by atoms with E-state index < -0.39 is 12.8 Å². The van der Waals surface area contributed by atoms with Crippen LogP contribution in [-0.2, 0) is 11.3 Å². The lowest BCUT2D eigenvalue weighted by Crippen LogP contribution is -2.17. The first-order chi connectivity index (χ1) is 6.88. The highest BCUT2D eigenvalue weighted by Gasteiger charge is 2.27. The van der Waals surface area contributed by atoms with Gasteiger partial charge in [0.1, 0.15) is 6.61 Å². The van der Waals surface area contributed by atoms with Crippen molar-refractivity contribution >= 4 is 5.69 Å². The summed E-state index contributed by atoms with van der Waals surface area (Å²) in [6.07, 6.45) is -4.29. The highest BCUT2D eigenvalue weighted by molar-refractivity contribution is 5.47. The summed E-state index contributed by atoms with van der Waals surface area (Å²) in [6.45, 7) is 0.472. The molecule has 0 aromatic heterocycles. The van der Waals surface area contributed by atoms with E-state index in [4.69, 9.17) is 5.73 Å². The van der Waals surface area contributed by atoms with Crippen LogP contribution in [-0.4, -0.2) is 12.8 Å². The molecule has 0 heterocycles. The van der Waals surface area contributed by atoms with Crippen LogP contribution in [0.25, 0.3) is 0 Å². The molecule has 0 aliphatic rings. The number of hydrogen-bond donors (Lipinski definition) is 1. The second-order valence-electron chi connectivity index (χ2n) is 3.31. The van der Waals surface area contributed by atoms with E-state index in [-0.39, 0.29) is 6.61 Å². The zero-order chi connectivity index (χ0) is 11.5. The van der Waals surface area contributed by atoms with Crippen molar-refractivity contribution in [2.24, 2.45) is 0 Å². The molecule has 0 spiro atoms. The molecule has 0 saturated carbocycles. The summed E-state index contributed by atoms with van der Waals surface area (Å²) in [7, 11) is 0. The Balaban J connectivity index is 2.54. The van der Waals surface area contributed by atoms with Crippen molar-refractivity contribution in [3.05, 3.63) is 29.3 Å². The Bertz CT molecular complexity index is 336. The normalized spacial score (nSPS) is 11.7. The zero-order valence-corrected chi connectivity index (χ0v) is 8.27. The molecule has 0 aliphatic carbocycles. The SMILES string of the molecule is Cc1ccc(N)c(COCC(F)(F)F)c1. The molecular weight excluding hydrogens is 207 g/mol. The van der Waals surface area contributed by atoms with Gasteiger partial charge in [-0.1, -0.05) is 17.7 Å². The van der Waals surface area contributed by atoms with Gasteiger partial charge in [-0.15, -0.1) is 0 Å². The number of halogens is 3. The van der Waals surface area contributed by atoms with Crippen LogP contribution in [0.2, 0.25) is 0 Å². The first-order valence-electron chi connectivity index (χ1n) is 4.38. The molecule has 5 heteroatoms. The Morgan fingerprint density at radius 3 is 2.60 bits per heavy atom. The summed E-state index contributed by atoms with van der Waals surface area (Å²) in [4.78, 5) is 0. The minimum atomic E-state index is -4.29. The molecule has 0 fully saturated rings.